The van der Waals surface area contributed by atoms with Crippen molar-refractivity contribution in [3.8, 4) is 0 Å². The van der Waals surface area contributed by atoms with Crippen LogP contribution in [0.15, 0.2) is 12.1 Å². The summed E-state index contributed by atoms with van der Waals surface area (Å²) in [6, 6.07) is 2.49. The molecule has 0 spiro atoms. The SMILES string of the molecule is CCN(CC(=O)O)c1nc(Cl)ccc1[N+](=O)[O-]. The van der Waals surface area contributed by atoms with Crippen LogP contribution >= 0.6 is 11.6 Å². The number of hydrogen-bond acceptors (Lipinski definition) is 5. The van der Waals surface area contributed by atoms with E-state index in [0.717, 1.165) is 0 Å². The zero-order valence-electron chi connectivity index (χ0n) is 8.96. The normalized spacial score (nSPS) is 10.0. The molecule has 0 atom stereocenters. The van der Waals surface area contributed by atoms with E-state index in [2.05, 4.69) is 4.98 Å². The summed E-state index contributed by atoms with van der Waals surface area (Å²) in [5, 5.41) is 19.6. The van der Waals surface area contributed by atoms with E-state index in [-0.39, 0.29) is 29.7 Å². The molecule has 0 aromatic carbocycles. The Balaban J connectivity index is 3.20. The lowest BCUT2D eigenvalue weighted by Gasteiger charge is -2.19. The number of likely N-dealkylation sites (N-methyl/N-ethyl adjacent to an activating group) is 1. The van der Waals surface area contributed by atoms with E-state index < -0.39 is 10.9 Å². The molecule has 17 heavy (non-hydrogen) atoms. The summed E-state index contributed by atoms with van der Waals surface area (Å²) in [4.78, 5) is 25.9. The van der Waals surface area contributed by atoms with Crippen LogP contribution in [0.4, 0.5) is 11.5 Å². The third-order valence-corrected chi connectivity index (χ3v) is 2.24. The molecule has 8 heteroatoms. The van der Waals surface area contributed by atoms with Crippen molar-refractivity contribution >= 4 is 29.1 Å². The molecule has 0 bridgehead atoms. The van der Waals surface area contributed by atoms with Gasteiger partial charge in [-0.15, -0.1) is 0 Å². The van der Waals surface area contributed by atoms with Gasteiger partial charge in [0.1, 0.15) is 11.7 Å². The van der Waals surface area contributed by atoms with Gasteiger partial charge in [-0.05, 0) is 13.0 Å². The van der Waals surface area contributed by atoms with Crippen LogP contribution in [0.25, 0.3) is 0 Å². The number of nitrogens with zero attached hydrogens (tertiary/aromatic N) is 3. The number of carboxylic acids is 1. The van der Waals surface area contributed by atoms with Gasteiger partial charge in [0.2, 0.25) is 5.82 Å². The van der Waals surface area contributed by atoms with E-state index in [9.17, 15) is 14.9 Å². The molecule has 92 valence electrons. The highest BCUT2D eigenvalue weighted by molar-refractivity contribution is 6.29. The van der Waals surface area contributed by atoms with Crippen LogP contribution in [0.3, 0.4) is 0 Å². The predicted octanol–water partition coefficient (Wildman–Crippen LogP) is 1.55. The van der Waals surface area contributed by atoms with Crippen molar-refractivity contribution in [1.82, 2.24) is 4.98 Å². The lowest BCUT2D eigenvalue weighted by Crippen LogP contribution is -2.30. The summed E-state index contributed by atoms with van der Waals surface area (Å²) < 4.78 is 0. The number of anilines is 1. The average Bonchev–Trinajstić information content (AvgIpc) is 2.25. The third kappa shape index (κ3) is 3.28. The molecule has 0 saturated carbocycles. The van der Waals surface area contributed by atoms with Gasteiger partial charge in [0, 0.05) is 12.6 Å². The number of rotatable bonds is 5. The lowest BCUT2D eigenvalue weighted by molar-refractivity contribution is -0.384. The maximum atomic E-state index is 10.8. The summed E-state index contributed by atoms with van der Waals surface area (Å²) in [7, 11) is 0. The van der Waals surface area contributed by atoms with E-state index >= 15 is 0 Å². The van der Waals surface area contributed by atoms with Gasteiger partial charge < -0.3 is 10.0 Å². The first-order chi connectivity index (χ1) is 7.95. The second-order valence-electron chi connectivity index (χ2n) is 3.14. The summed E-state index contributed by atoms with van der Waals surface area (Å²) in [5.74, 6) is -1.13. The summed E-state index contributed by atoms with van der Waals surface area (Å²) in [5.41, 5.74) is -0.266. The predicted molar refractivity (Wildman–Crippen MR) is 61.4 cm³/mol. The third-order valence-electron chi connectivity index (χ3n) is 2.02. The zero-order valence-corrected chi connectivity index (χ0v) is 9.72. The number of nitro groups is 1. The van der Waals surface area contributed by atoms with Crippen LogP contribution in [-0.2, 0) is 4.79 Å². The van der Waals surface area contributed by atoms with E-state index in [4.69, 9.17) is 16.7 Å². The van der Waals surface area contributed by atoms with Crippen molar-refractivity contribution in [2.75, 3.05) is 18.0 Å². The number of halogens is 1. The molecule has 1 heterocycles. The number of carbonyl (C=O) groups is 1. The summed E-state index contributed by atoms with van der Waals surface area (Å²) in [6.07, 6.45) is 0. The van der Waals surface area contributed by atoms with E-state index in [0.29, 0.717) is 0 Å². The van der Waals surface area contributed by atoms with E-state index in [1.54, 1.807) is 6.92 Å². The fraction of sp³-hybridized carbons (Fsp3) is 0.333. The van der Waals surface area contributed by atoms with Gasteiger partial charge in [0.25, 0.3) is 0 Å². The molecular weight excluding hydrogens is 250 g/mol. The van der Waals surface area contributed by atoms with Crippen molar-refractivity contribution in [1.29, 1.82) is 0 Å². The minimum atomic E-state index is -1.09. The Bertz CT molecular complexity index is 452. The van der Waals surface area contributed by atoms with Gasteiger partial charge in [-0.2, -0.15) is 0 Å². The molecular formula is C9H10ClN3O4. The first-order valence-corrected chi connectivity index (χ1v) is 5.11. The second-order valence-corrected chi connectivity index (χ2v) is 3.53. The maximum absolute atomic E-state index is 10.8. The molecule has 0 aliphatic heterocycles. The van der Waals surface area contributed by atoms with Crippen LogP contribution < -0.4 is 4.90 Å². The minimum absolute atomic E-state index is 0.0348. The molecule has 0 amide bonds. The smallest absolute Gasteiger partial charge is 0.323 e. The van der Waals surface area contributed by atoms with Crippen molar-refractivity contribution < 1.29 is 14.8 Å². The maximum Gasteiger partial charge on any atom is 0.323 e. The highest BCUT2D eigenvalue weighted by atomic mass is 35.5. The van der Waals surface area contributed by atoms with Gasteiger partial charge in [0.05, 0.1) is 4.92 Å². The Labute approximate surface area is 102 Å². The van der Waals surface area contributed by atoms with Gasteiger partial charge in [-0.3, -0.25) is 14.9 Å². The standard InChI is InChI=1S/C9H10ClN3O4/c1-2-12(5-8(14)15)9-6(13(16)17)3-4-7(10)11-9/h3-4H,2,5H2,1H3,(H,14,15). The quantitative estimate of drug-likeness (QED) is 0.490. The van der Waals surface area contributed by atoms with Crippen LogP contribution in [0.2, 0.25) is 5.15 Å². The van der Waals surface area contributed by atoms with E-state index in [1.807, 2.05) is 0 Å². The number of pyridine rings is 1. The van der Waals surface area contributed by atoms with Gasteiger partial charge >= 0.3 is 11.7 Å². The molecule has 0 fully saturated rings. The zero-order chi connectivity index (χ0) is 13.0. The van der Waals surface area contributed by atoms with Gasteiger partial charge in [-0.25, -0.2) is 4.98 Å². The molecule has 0 saturated heterocycles. The molecule has 1 aromatic rings. The van der Waals surface area contributed by atoms with Crippen LogP contribution in [0.5, 0.6) is 0 Å². The topological polar surface area (TPSA) is 96.6 Å². The van der Waals surface area contributed by atoms with Gasteiger partial charge in [0.15, 0.2) is 0 Å². The first-order valence-electron chi connectivity index (χ1n) is 4.73. The van der Waals surface area contributed by atoms with E-state index in [1.165, 1.54) is 17.0 Å². The molecule has 0 radical (unpaired) electrons. The largest absolute Gasteiger partial charge is 0.480 e. The highest BCUT2D eigenvalue weighted by Crippen LogP contribution is 2.27. The molecule has 7 nitrogen and oxygen atoms in total. The van der Waals surface area contributed by atoms with Crippen LogP contribution in [0.1, 0.15) is 6.92 Å². The molecule has 1 rings (SSSR count). The monoisotopic (exact) mass is 259 g/mol. The Kier molecular flexibility index (Phi) is 4.22. The number of aliphatic carboxylic acids is 1. The molecule has 1 N–H and O–H groups in total. The van der Waals surface area contributed by atoms with Crippen molar-refractivity contribution in [2.24, 2.45) is 0 Å². The van der Waals surface area contributed by atoms with Crippen LogP contribution in [-0.4, -0.2) is 34.1 Å². The summed E-state index contributed by atoms with van der Waals surface area (Å²) in [6.45, 7) is 1.58. The fourth-order valence-corrected chi connectivity index (χ4v) is 1.44. The average molecular weight is 260 g/mol. The Morgan fingerprint density at radius 1 is 1.65 bits per heavy atom. The molecule has 0 unspecified atom stereocenters. The number of hydrogen-bond donors (Lipinski definition) is 1. The number of aromatic nitrogens is 1. The van der Waals surface area contributed by atoms with Gasteiger partial charge in [-0.1, -0.05) is 11.6 Å². The Morgan fingerprint density at radius 3 is 2.76 bits per heavy atom. The second kappa shape index (κ2) is 5.44. The first kappa shape index (κ1) is 13.2. The highest BCUT2D eigenvalue weighted by Gasteiger charge is 2.22. The molecule has 1 aromatic heterocycles. The van der Waals surface area contributed by atoms with Crippen molar-refractivity contribution in [2.45, 2.75) is 6.92 Å². The van der Waals surface area contributed by atoms with Crippen LogP contribution in [0, 0.1) is 10.1 Å². The lowest BCUT2D eigenvalue weighted by atomic mass is 10.3. The van der Waals surface area contributed by atoms with Crippen molar-refractivity contribution in [3.63, 3.8) is 0 Å². The molecule has 0 aliphatic rings. The Morgan fingerprint density at radius 2 is 2.29 bits per heavy atom. The summed E-state index contributed by atoms with van der Waals surface area (Å²) >= 11 is 5.65. The number of carboxylic acid groups (broad SMARTS) is 1. The molecule has 0 aliphatic carbocycles. The minimum Gasteiger partial charge on any atom is -0.480 e. The van der Waals surface area contributed by atoms with Crippen molar-refractivity contribution in [3.05, 3.63) is 27.4 Å². The Hall–Kier alpha value is -1.89. The fourth-order valence-electron chi connectivity index (χ4n) is 1.29.